The first kappa shape index (κ1) is 23.7. The van der Waals surface area contributed by atoms with E-state index in [4.69, 9.17) is 4.74 Å². The topological polar surface area (TPSA) is 53.9 Å². The molecule has 1 aliphatic rings. The number of hydrogen-bond acceptors (Lipinski definition) is 4. The summed E-state index contributed by atoms with van der Waals surface area (Å²) in [4.78, 5) is 18.6. The average molecular weight is 450 g/mol. The van der Waals surface area contributed by atoms with Crippen LogP contribution in [0.2, 0.25) is 0 Å². The number of hydrogen-bond donors (Lipinski definition) is 1. The fourth-order valence-electron chi connectivity index (χ4n) is 3.32. The maximum atomic E-state index is 13.4. The highest BCUT2D eigenvalue weighted by molar-refractivity contribution is 6.09. The number of alkyl halides is 2. The lowest BCUT2D eigenvalue weighted by molar-refractivity contribution is 0.0175. The molecule has 0 saturated carbocycles. The van der Waals surface area contributed by atoms with E-state index in [1.165, 1.54) is 24.3 Å². The summed E-state index contributed by atoms with van der Waals surface area (Å²) in [7, 11) is 0. The minimum absolute atomic E-state index is 0.0833. The number of fused-ring (bicyclic) bond motifs is 1. The molecule has 170 valence electrons. The number of aliphatic imine (C=N–C) groups is 1. The number of benzene rings is 2. The number of carbonyl (C=O) groups is 1. The van der Waals surface area contributed by atoms with Crippen molar-refractivity contribution in [2.75, 3.05) is 18.5 Å². The molecule has 2 aromatic rings. The molecule has 2 aromatic carbocycles. The van der Waals surface area contributed by atoms with Crippen molar-refractivity contribution in [3.05, 3.63) is 102 Å². The molecule has 0 unspecified atom stereocenters. The number of nitrogens with zero attached hydrogens (tertiary/aromatic N) is 2. The number of carbonyl (C=O) groups excluding carboxylic acids is 1. The van der Waals surface area contributed by atoms with E-state index in [0.29, 0.717) is 22.6 Å². The molecule has 0 fully saturated rings. The fourth-order valence-corrected chi connectivity index (χ4v) is 3.32. The number of amides is 1. The molecule has 0 aliphatic carbocycles. The Labute approximate surface area is 192 Å². The molecule has 1 heterocycles. The molecule has 1 amide bonds. The van der Waals surface area contributed by atoms with Crippen molar-refractivity contribution in [2.45, 2.75) is 19.8 Å². The van der Waals surface area contributed by atoms with Crippen LogP contribution in [0.5, 0.6) is 0 Å². The maximum Gasteiger partial charge on any atom is 0.270 e. The molecule has 0 bridgehead atoms. The maximum absolute atomic E-state index is 13.4. The molecule has 0 spiro atoms. The van der Waals surface area contributed by atoms with E-state index in [9.17, 15) is 13.6 Å². The second-order valence-electron chi connectivity index (χ2n) is 7.36. The van der Waals surface area contributed by atoms with Crippen molar-refractivity contribution >= 4 is 23.2 Å². The van der Waals surface area contributed by atoms with Crippen molar-refractivity contribution in [3.63, 3.8) is 0 Å². The molecule has 5 nitrogen and oxygen atoms in total. The zero-order valence-electron chi connectivity index (χ0n) is 18.6. The number of allylic oxidation sites excluding steroid dienone is 1. The molecule has 1 N–H and O–H groups in total. The molecule has 0 saturated heterocycles. The fraction of sp³-hybridized carbons (Fsp3) is 0.192. The monoisotopic (exact) mass is 449 g/mol. The highest BCUT2D eigenvalue weighted by Gasteiger charge is 2.31. The largest absolute Gasteiger partial charge is 0.474 e. The summed E-state index contributed by atoms with van der Waals surface area (Å²) in [6, 6.07) is 13.0. The van der Waals surface area contributed by atoms with Crippen molar-refractivity contribution in [3.8, 4) is 0 Å². The summed E-state index contributed by atoms with van der Waals surface area (Å²) < 4.78 is 32.7. The minimum atomic E-state index is -2.91. The first-order valence-electron chi connectivity index (χ1n) is 10.3. The SMILES string of the molecule is C=C=C1c2ccccc2C(=O)N1CCOC(=N/C=C\C)C(=C)Nc1ccc(C(C)(F)F)cc1. The van der Waals surface area contributed by atoms with Gasteiger partial charge in [-0.15, -0.1) is 5.73 Å². The Morgan fingerprint density at radius 2 is 1.88 bits per heavy atom. The third-order valence-electron chi connectivity index (χ3n) is 4.93. The zero-order valence-corrected chi connectivity index (χ0v) is 18.6. The summed E-state index contributed by atoms with van der Waals surface area (Å²) in [6.45, 7) is 10.7. The Morgan fingerprint density at radius 1 is 1.21 bits per heavy atom. The van der Waals surface area contributed by atoms with Crippen LogP contribution in [0.3, 0.4) is 0 Å². The third-order valence-corrected chi connectivity index (χ3v) is 4.93. The summed E-state index contributed by atoms with van der Waals surface area (Å²) >= 11 is 0. The molecule has 7 heteroatoms. The molecule has 0 aromatic heterocycles. The Balaban J connectivity index is 1.66. The first-order valence-corrected chi connectivity index (χ1v) is 10.3. The summed E-state index contributed by atoms with van der Waals surface area (Å²) in [6.07, 6.45) is 3.28. The summed E-state index contributed by atoms with van der Waals surface area (Å²) in [5.74, 6) is -2.84. The molecular weight excluding hydrogens is 424 g/mol. The average Bonchev–Trinajstić information content (AvgIpc) is 3.06. The smallest absolute Gasteiger partial charge is 0.270 e. The van der Waals surface area contributed by atoms with E-state index in [0.717, 1.165) is 12.5 Å². The van der Waals surface area contributed by atoms with E-state index in [1.807, 2.05) is 25.1 Å². The van der Waals surface area contributed by atoms with Crippen LogP contribution in [0.1, 0.15) is 35.3 Å². The van der Waals surface area contributed by atoms with Crippen LogP contribution >= 0.6 is 0 Å². The summed E-state index contributed by atoms with van der Waals surface area (Å²) in [5, 5.41) is 3.01. The van der Waals surface area contributed by atoms with E-state index in [-0.39, 0.29) is 30.5 Å². The number of anilines is 1. The Hall–Kier alpha value is -3.96. The molecule has 1 aliphatic heterocycles. The lowest BCUT2D eigenvalue weighted by atomic mass is 10.1. The van der Waals surface area contributed by atoms with Gasteiger partial charge in [0.25, 0.3) is 11.8 Å². The van der Waals surface area contributed by atoms with Crippen LogP contribution in [0.15, 0.2) is 90.4 Å². The Kier molecular flexibility index (Phi) is 7.26. The highest BCUT2D eigenvalue weighted by atomic mass is 19.3. The first-order chi connectivity index (χ1) is 15.8. The van der Waals surface area contributed by atoms with Gasteiger partial charge in [0.05, 0.1) is 17.9 Å². The molecule has 0 radical (unpaired) electrons. The van der Waals surface area contributed by atoms with Crippen molar-refractivity contribution in [2.24, 2.45) is 4.99 Å². The highest BCUT2D eigenvalue weighted by Crippen LogP contribution is 2.31. The van der Waals surface area contributed by atoms with Gasteiger partial charge in [0.1, 0.15) is 6.61 Å². The van der Waals surface area contributed by atoms with Crippen LogP contribution in [-0.4, -0.2) is 29.9 Å². The number of rotatable bonds is 8. The van der Waals surface area contributed by atoms with Crippen LogP contribution < -0.4 is 5.32 Å². The Bertz CT molecular complexity index is 1150. The van der Waals surface area contributed by atoms with Gasteiger partial charge >= 0.3 is 0 Å². The summed E-state index contributed by atoms with van der Waals surface area (Å²) in [5.41, 5.74) is 5.65. The van der Waals surface area contributed by atoms with Gasteiger partial charge in [-0.1, -0.05) is 49.6 Å². The second kappa shape index (κ2) is 10.1. The van der Waals surface area contributed by atoms with E-state index >= 15 is 0 Å². The van der Waals surface area contributed by atoms with Gasteiger partial charge in [0, 0.05) is 35.5 Å². The second-order valence-corrected chi connectivity index (χ2v) is 7.36. The molecule has 0 atom stereocenters. The van der Waals surface area contributed by atoms with Crippen molar-refractivity contribution in [1.29, 1.82) is 0 Å². The van der Waals surface area contributed by atoms with Crippen molar-refractivity contribution in [1.82, 2.24) is 4.90 Å². The zero-order chi connectivity index (χ0) is 24.0. The lowest BCUT2D eigenvalue weighted by Crippen LogP contribution is -2.28. The standard InChI is InChI=1S/C26H25F2N3O2/c1-5-15-29-24(18(3)30-20-13-11-19(12-14-20)26(4,27)28)33-17-16-31-23(6-2)21-9-7-8-10-22(21)25(31)32/h5,7-15,30H,2-3,16-17H2,1,4H3/b15-5-,29-24?. The van der Waals surface area contributed by atoms with Crippen molar-refractivity contribution < 1.29 is 18.3 Å². The Morgan fingerprint density at radius 3 is 2.48 bits per heavy atom. The lowest BCUT2D eigenvalue weighted by Gasteiger charge is -2.19. The van der Waals surface area contributed by atoms with Crippen LogP contribution in [0, 0.1) is 0 Å². The quantitative estimate of drug-likeness (QED) is 0.308. The predicted octanol–water partition coefficient (Wildman–Crippen LogP) is 5.95. The predicted molar refractivity (Wildman–Crippen MR) is 127 cm³/mol. The van der Waals surface area contributed by atoms with Gasteiger partial charge < -0.3 is 10.1 Å². The number of halogens is 2. The van der Waals surface area contributed by atoms with Crippen LogP contribution in [0.4, 0.5) is 14.5 Å². The van der Waals surface area contributed by atoms with E-state index in [1.54, 1.807) is 23.2 Å². The van der Waals surface area contributed by atoms with Gasteiger partial charge in [0.2, 0.25) is 5.90 Å². The van der Waals surface area contributed by atoms with Gasteiger partial charge in [-0.2, -0.15) is 0 Å². The van der Waals surface area contributed by atoms with Gasteiger partial charge in [-0.25, -0.2) is 13.8 Å². The normalized spacial score (nSPS) is 13.8. The van der Waals surface area contributed by atoms with Gasteiger partial charge in [0.15, 0.2) is 0 Å². The number of ether oxygens (including phenoxy) is 1. The van der Waals surface area contributed by atoms with E-state index < -0.39 is 5.92 Å². The van der Waals surface area contributed by atoms with Crippen LogP contribution in [0.25, 0.3) is 5.70 Å². The number of nitrogens with one attached hydrogen (secondary N) is 1. The minimum Gasteiger partial charge on any atom is -0.474 e. The molecule has 33 heavy (non-hydrogen) atoms. The molecule has 3 rings (SSSR count). The third kappa shape index (κ3) is 5.45. The van der Waals surface area contributed by atoms with Gasteiger partial charge in [-0.3, -0.25) is 9.69 Å². The van der Waals surface area contributed by atoms with Gasteiger partial charge in [-0.05, 0) is 25.1 Å². The molecular formula is C26H25F2N3O2. The van der Waals surface area contributed by atoms with E-state index in [2.05, 4.69) is 29.2 Å². The van der Waals surface area contributed by atoms with Crippen LogP contribution in [-0.2, 0) is 10.7 Å².